The summed E-state index contributed by atoms with van der Waals surface area (Å²) in [5.41, 5.74) is 1.97. The highest BCUT2D eigenvalue weighted by Gasteiger charge is 2.39. The first-order valence-corrected chi connectivity index (χ1v) is 17.2. The lowest BCUT2D eigenvalue weighted by Gasteiger charge is -2.28. The molecule has 0 aliphatic carbocycles. The number of ether oxygens (including phenoxy) is 1. The minimum absolute atomic E-state index is 0.438. The van der Waals surface area contributed by atoms with E-state index >= 15 is 0 Å². The van der Waals surface area contributed by atoms with E-state index in [0.29, 0.717) is 44.6 Å². The lowest BCUT2D eigenvalue weighted by Crippen LogP contribution is -2.46. The predicted octanol–water partition coefficient (Wildman–Crippen LogP) is 7.60. The van der Waals surface area contributed by atoms with Gasteiger partial charge in [0.1, 0.15) is 0 Å². The van der Waals surface area contributed by atoms with Gasteiger partial charge in [-0.1, -0.05) is 36.4 Å². The Hall–Kier alpha value is -2.27. The van der Waals surface area contributed by atoms with Gasteiger partial charge in [-0.15, -0.1) is 46.8 Å². The summed E-state index contributed by atoms with van der Waals surface area (Å²) in [6, 6.07) is 28.4. The van der Waals surface area contributed by atoms with E-state index in [9.17, 15) is 4.79 Å². The Morgan fingerprint density at radius 3 is 1.74 bits per heavy atom. The molecule has 6 nitrogen and oxygen atoms in total. The Kier molecular flexibility index (Phi) is 14.0. The van der Waals surface area contributed by atoms with Gasteiger partial charge in [-0.2, -0.15) is 6.07 Å². The zero-order valence-corrected chi connectivity index (χ0v) is 25.6. The first-order chi connectivity index (χ1) is 19.1. The second-order valence-electron chi connectivity index (χ2n) is 8.47. The molecule has 1 N–H and O–H groups in total. The van der Waals surface area contributed by atoms with Crippen LogP contribution in [-0.4, -0.2) is 41.3 Å². The van der Waals surface area contributed by atoms with E-state index in [1.165, 1.54) is 9.79 Å². The van der Waals surface area contributed by atoms with E-state index < -0.39 is 14.9 Å². The van der Waals surface area contributed by atoms with Crippen LogP contribution in [0, 0.1) is 6.07 Å². The molecular formula is C30H38NO5S2Si-. The molecule has 0 aliphatic rings. The summed E-state index contributed by atoms with van der Waals surface area (Å²) in [5.74, 6) is 1.97. The molecule has 1 amide bonds. The van der Waals surface area contributed by atoms with E-state index in [2.05, 4.69) is 35.6 Å². The van der Waals surface area contributed by atoms with Crippen LogP contribution in [0.1, 0.15) is 38.3 Å². The van der Waals surface area contributed by atoms with Gasteiger partial charge < -0.3 is 23.3 Å². The summed E-state index contributed by atoms with van der Waals surface area (Å²) in [7, 11) is -2.73. The normalized spacial score (nSPS) is 11.4. The number of amides is 1. The SMILES string of the molecule is CCO[Si](CCCNC(=O)Oc1cc(CSc2ccccc2)[c-]c(CSc2ccccc2)c1)(OCC)OCC. The molecular weight excluding hydrogens is 547 g/mol. The van der Waals surface area contributed by atoms with Crippen molar-refractivity contribution in [1.29, 1.82) is 0 Å². The van der Waals surface area contributed by atoms with Gasteiger partial charge >= 0.3 is 14.9 Å². The molecule has 9 heteroatoms. The maximum absolute atomic E-state index is 12.7. The van der Waals surface area contributed by atoms with Crippen LogP contribution >= 0.6 is 23.5 Å². The van der Waals surface area contributed by atoms with Crippen LogP contribution in [-0.2, 0) is 24.8 Å². The van der Waals surface area contributed by atoms with Crippen LogP contribution < -0.4 is 10.1 Å². The lowest BCUT2D eigenvalue weighted by molar-refractivity contribution is 0.0708. The van der Waals surface area contributed by atoms with Crippen LogP contribution in [0.25, 0.3) is 0 Å². The van der Waals surface area contributed by atoms with Crippen molar-refractivity contribution in [3.05, 3.63) is 90.0 Å². The van der Waals surface area contributed by atoms with Gasteiger partial charge in [0.15, 0.2) is 0 Å². The lowest BCUT2D eigenvalue weighted by atomic mass is 10.1. The topological polar surface area (TPSA) is 66.0 Å². The fraction of sp³-hybridized carbons (Fsp3) is 0.367. The monoisotopic (exact) mass is 584 g/mol. The Morgan fingerprint density at radius 1 is 0.795 bits per heavy atom. The van der Waals surface area contributed by atoms with Gasteiger partial charge in [-0.3, -0.25) is 0 Å². The average molecular weight is 585 g/mol. The van der Waals surface area contributed by atoms with Crippen molar-refractivity contribution < 1.29 is 22.8 Å². The quantitative estimate of drug-likeness (QED) is 0.0758. The molecule has 0 atom stereocenters. The second kappa shape index (κ2) is 17.4. The highest BCUT2D eigenvalue weighted by atomic mass is 32.2. The summed E-state index contributed by atoms with van der Waals surface area (Å²) in [6.07, 6.45) is 0.183. The van der Waals surface area contributed by atoms with Gasteiger partial charge in [0.25, 0.3) is 0 Å². The molecule has 0 radical (unpaired) electrons. The van der Waals surface area contributed by atoms with Crippen molar-refractivity contribution in [3.8, 4) is 5.75 Å². The van der Waals surface area contributed by atoms with Gasteiger partial charge in [0.2, 0.25) is 0 Å². The molecule has 0 spiro atoms. The first-order valence-electron chi connectivity index (χ1n) is 13.3. The number of carbonyl (C=O) groups is 1. The summed E-state index contributed by atoms with van der Waals surface area (Å²) in [5, 5.41) is 2.86. The molecule has 0 fully saturated rings. The summed E-state index contributed by atoms with van der Waals surface area (Å²) >= 11 is 3.46. The zero-order chi connectivity index (χ0) is 27.8. The van der Waals surface area contributed by atoms with Crippen molar-refractivity contribution in [2.75, 3.05) is 26.4 Å². The summed E-state index contributed by atoms with van der Waals surface area (Å²) in [4.78, 5) is 15.0. The van der Waals surface area contributed by atoms with E-state index in [4.69, 9.17) is 18.0 Å². The minimum atomic E-state index is -2.73. The third-order valence-electron chi connectivity index (χ3n) is 5.46. The molecule has 0 aromatic heterocycles. The molecule has 39 heavy (non-hydrogen) atoms. The van der Waals surface area contributed by atoms with E-state index in [1.807, 2.05) is 69.3 Å². The third-order valence-corrected chi connectivity index (χ3v) is 10.7. The average Bonchev–Trinajstić information content (AvgIpc) is 2.95. The Balaban J connectivity index is 1.60. The van der Waals surface area contributed by atoms with Crippen LogP contribution in [0.2, 0.25) is 6.04 Å². The van der Waals surface area contributed by atoms with Crippen molar-refractivity contribution in [1.82, 2.24) is 5.32 Å². The molecule has 3 aromatic rings. The second-order valence-corrected chi connectivity index (χ2v) is 13.3. The van der Waals surface area contributed by atoms with Crippen molar-refractivity contribution in [2.45, 2.75) is 54.5 Å². The summed E-state index contributed by atoms with van der Waals surface area (Å²) < 4.78 is 23.4. The van der Waals surface area contributed by atoms with E-state index in [0.717, 1.165) is 22.6 Å². The van der Waals surface area contributed by atoms with Crippen molar-refractivity contribution in [3.63, 3.8) is 0 Å². The molecule has 3 aromatic carbocycles. The first kappa shape index (κ1) is 31.3. The van der Waals surface area contributed by atoms with Crippen LogP contribution in [0.4, 0.5) is 4.79 Å². The van der Waals surface area contributed by atoms with Crippen molar-refractivity contribution in [2.24, 2.45) is 0 Å². The number of hydrogen-bond donors (Lipinski definition) is 1. The number of thioether (sulfide) groups is 2. The molecule has 3 rings (SSSR count). The zero-order valence-electron chi connectivity index (χ0n) is 22.9. The third kappa shape index (κ3) is 11.4. The molecule has 0 heterocycles. The molecule has 0 unspecified atom stereocenters. The molecule has 0 saturated carbocycles. The van der Waals surface area contributed by atoms with Crippen LogP contribution in [0.5, 0.6) is 5.75 Å². The highest BCUT2D eigenvalue weighted by Crippen LogP contribution is 2.29. The Labute approximate surface area is 242 Å². The van der Waals surface area contributed by atoms with Gasteiger partial charge in [-0.25, -0.2) is 4.79 Å². The van der Waals surface area contributed by atoms with Crippen molar-refractivity contribution >= 4 is 38.4 Å². The smallest absolute Gasteiger partial charge is 0.437 e. The predicted molar refractivity (Wildman–Crippen MR) is 161 cm³/mol. The highest BCUT2D eigenvalue weighted by molar-refractivity contribution is 7.98. The van der Waals surface area contributed by atoms with Gasteiger partial charge in [-0.05, 0) is 51.5 Å². The fourth-order valence-electron chi connectivity index (χ4n) is 3.87. The number of hydrogen-bond acceptors (Lipinski definition) is 7. The number of rotatable bonds is 17. The maximum Gasteiger partial charge on any atom is 0.500 e. The number of carbonyl (C=O) groups excluding carboxylic acids is 1. The van der Waals surface area contributed by atoms with Gasteiger partial charge in [0.05, 0.1) is 0 Å². The largest absolute Gasteiger partial charge is 0.500 e. The molecule has 0 saturated heterocycles. The standard InChI is InChI=1S/C30H38NO5S2Si/c1-4-33-39(34-5-2,35-6-3)19-13-18-31-30(32)36-27-21-25(23-37-28-14-9-7-10-15-28)20-26(22-27)24-38-29-16-11-8-12-17-29/h7-12,14-17,21-22H,4-6,13,18-19,23-24H2,1-3H3,(H,31,32)/q-1. The van der Waals surface area contributed by atoms with E-state index in [1.54, 1.807) is 23.5 Å². The van der Waals surface area contributed by atoms with E-state index in [-0.39, 0.29) is 0 Å². The minimum Gasteiger partial charge on any atom is -0.437 e. The summed E-state index contributed by atoms with van der Waals surface area (Å²) in [6.45, 7) is 7.84. The fourth-order valence-corrected chi connectivity index (χ4v) is 8.14. The Bertz CT molecular complexity index is 1040. The molecule has 0 bridgehead atoms. The maximum atomic E-state index is 12.7. The van der Waals surface area contributed by atoms with Crippen LogP contribution in [0.15, 0.2) is 82.6 Å². The van der Waals surface area contributed by atoms with Gasteiger partial charge in [0, 0.05) is 59.5 Å². The molecule has 0 aliphatic heterocycles. The van der Waals surface area contributed by atoms with Crippen LogP contribution in [0.3, 0.4) is 0 Å². The number of nitrogens with one attached hydrogen (secondary N) is 1. The molecule has 210 valence electrons. The Morgan fingerprint density at radius 2 is 1.28 bits per heavy atom. The number of benzene rings is 3.